The molecule has 0 bridgehead atoms. The van der Waals surface area contributed by atoms with Crippen molar-refractivity contribution in [3.63, 3.8) is 0 Å². The molecule has 37 heavy (non-hydrogen) atoms. The van der Waals surface area contributed by atoms with Crippen LogP contribution in [0.3, 0.4) is 0 Å². The van der Waals surface area contributed by atoms with Gasteiger partial charge in [0.05, 0.1) is 25.0 Å². The quantitative estimate of drug-likeness (QED) is 0.356. The summed E-state index contributed by atoms with van der Waals surface area (Å²) >= 11 is 1.56. The van der Waals surface area contributed by atoms with Gasteiger partial charge in [0.2, 0.25) is 0 Å². The van der Waals surface area contributed by atoms with Crippen molar-refractivity contribution in [1.29, 1.82) is 0 Å². The molecule has 0 saturated carbocycles. The van der Waals surface area contributed by atoms with Crippen molar-refractivity contribution in [2.45, 2.75) is 83.8 Å². The van der Waals surface area contributed by atoms with Crippen molar-refractivity contribution in [3.8, 4) is 5.75 Å². The van der Waals surface area contributed by atoms with Gasteiger partial charge in [-0.3, -0.25) is 4.79 Å². The first-order valence-corrected chi connectivity index (χ1v) is 13.7. The molecule has 8 nitrogen and oxygen atoms in total. The Hall–Kier alpha value is -2.65. The minimum Gasteiger partial charge on any atom is -0.508 e. The lowest BCUT2D eigenvalue weighted by Gasteiger charge is -2.41. The smallest absolute Gasteiger partial charge is 0.410 e. The van der Waals surface area contributed by atoms with Crippen LogP contribution in [0.4, 0.5) is 4.79 Å². The number of phenols is 1. The van der Waals surface area contributed by atoms with E-state index in [1.807, 2.05) is 59.1 Å². The summed E-state index contributed by atoms with van der Waals surface area (Å²) in [4.78, 5) is 30.9. The third-order valence-corrected chi connectivity index (χ3v) is 7.07. The van der Waals surface area contributed by atoms with Gasteiger partial charge in [0.25, 0.3) is 0 Å². The van der Waals surface area contributed by atoms with Crippen LogP contribution in [-0.4, -0.2) is 64.6 Å². The lowest BCUT2D eigenvalue weighted by molar-refractivity contribution is -0.156. The monoisotopic (exact) mass is 532 g/mol. The van der Waals surface area contributed by atoms with Crippen LogP contribution in [-0.2, 0) is 30.8 Å². The van der Waals surface area contributed by atoms with Crippen molar-refractivity contribution in [2.24, 2.45) is 0 Å². The second kappa shape index (κ2) is 11.8. The highest BCUT2D eigenvalue weighted by molar-refractivity contribution is 7.09. The molecule has 0 spiro atoms. The highest BCUT2D eigenvalue weighted by Gasteiger charge is 2.43. The van der Waals surface area contributed by atoms with E-state index < -0.39 is 16.6 Å². The third-order valence-electron chi connectivity index (χ3n) is 6.09. The van der Waals surface area contributed by atoms with Crippen LogP contribution < -0.4 is 0 Å². The van der Waals surface area contributed by atoms with E-state index in [0.29, 0.717) is 45.6 Å². The largest absolute Gasteiger partial charge is 0.508 e. The Morgan fingerprint density at radius 2 is 1.73 bits per heavy atom. The number of thiazole rings is 1. The average Bonchev–Trinajstić information content (AvgIpc) is 3.33. The number of rotatable bonds is 8. The number of carbonyl (C=O) groups is 2. The number of benzene rings is 1. The Morgan fingerprint density at radius 1 is 1.05 bits per heavy atom. The first kappa shape index (κ1) is 28.9. The van der Waals surface area contributed by atoms with E-state index in [1.165, 1.54) is 0 Å². The van der Waals surface area contributed by atoms with Crippen LogP contribution in [0.25, 0.3) is 0 Å². The Morgan fingerprint density at radius 3 is 2.32 bits per heavy atom. The van der Waals surface area contributed by atoms with E-state index in [9.17, 15) is 14.7 Å². The number of esters is 1. The van der Waals surface area contributed by atoms with Gasteiger partial charge in [-0.2, -0.15) is 0 Å². The van der Waals surface area contributed by atoms with Gasteiger partial charge in [-0.05, 0) is 72.4 Å². The molecule has 0 radical (unpaired) electrons. The molecule has 1 amide bonds. The fourth-order valence-electron chi connectivity index (χ4n) is 4.42. The van der Waals surface area contributed by atoms with Gasteiger partial charge >= 0.3 is 12.1 Å². The van der Waals surface area contributed by atoms with Crippen molar-refractivity contribution in [3.05, 3.63) is 45.9 Å². The van der Waals surface area contributed by atoms with Crippen LogP contribution in [0.1, 0.15) is 76.9 Å². The summed E-state index contributed by atoms with van der Waals surface area (Å²) in [6.07, 6.45) is 3.56. The minimum absolute atomic E-state index is 0.208. The molecule has 1 aromatic heterocycles. The first-order valence-electron chi connectivity index (χ1n) is 12.8. The number of aromatic hydroxyl groups is 1. The standard InChI is InChI=1S/C28H40N2O6S/c1-26(2,3)35-23(32)10-17-34-16-9-20-7-8-22(31)21(19-20)28(24-29-13-18-37-24)11-14-30(15-12-28)25(33)36-27(4,5)6/h7-8,13,18-19,31H,9-12,14-17H2,1-6H3. The second-order valence-corrected chi connectivity index (χ2v) is 12.3. The zero-order valence-corrected chi connectivity index (χ0v) is 23.7. The molecule has 1 aliphatic heterocycles. The average molecular weight is 533 g/mol. The van der Waals surface area contributed by atoms with E-state index in [1.54, 1.807) is 28.5 Å². The van der Waals surface area contributed by atoms with Gasteiger partial charge in [0, 0.05) is 30.2 Å². The number of ether oxygens (including phenoxy) is 3. The summed E-state index contributed by atoms with van der Waals surface area (Å²) in [6.45, 7) is 12.9. The number of nitrogens with zero attached hydrogens (tertiary/aromatic N) is 2. The fourth-order valence-corrected chi connectivity index (χ4v) is 5.33. The zero-order chi connectivity index (χ0) is 27.3. The van der Waals surface area contributed by atoms with Gasteiger partial charge in [-0.25, -0.2) is 9.78 Å². The summed E-state index contributed by atoms with van der Waals surface area (Å²) in [6, 6.07) is 5.64. The highest BCUT2D eigenvalue weighted by atomic mass is 32.1. The van der Waals surface area contributed by atoms with Crippen molar-refractivity contribution < 1.29 is 28.9 Å². The van der Waals surface area contributed by atoms with Crippen molar-refractivity contribution >= 4 is 23.4 Å². The molecule has 9 heteroatoms. The predicted molar refractivity (Wildman–Crippen MR) is 143 cm³/mol. The molecule has 0 unspecified atom stereocenters. The number of hydrogen-bond donors (Lipinski definition) is 1. The molecule has 0 aliphatic carbocycles. The Balaban J connectivity index is 1.68. The lowest BCUT2D eigenvalue weighted by atomic mass is 9.72. The molecule has 2 aromatic rings. The van der Waals surface area contributed by atoms with Crippen LogP contribution in [0, 0.1) is 0 Å². The number of aromatic nitrogens is 1. The number of phenolic OH excluding ortho intramolecular Hbond substituents is 1. The zero-order valence-electron chi connectivity index (χ0n) is 22.8. The normalized spacial score (nSPS) is 15.9. The summed E-state index contributed by atoms with van der Waals surface area (Å²) in [5.74, 6) is -0.0574. The van der Waals surface area contributed by atoms with E-state index >= 15 is 0 Å². The van der Waals surface area contributed by atoms with E-state index in [0.717, 1.165) is 16.1 Å². The topological polar surface area (TPSA) is 98.2 Å². The summed E-state index contributed by atoms with van der Waals surface area (Å²) in [5, 5.41) is 13.8. The molecule has 3 rings (SSSR count). The van der Waals surface area contributed by atoms with E-state index in [4.69, 9.17) is 14.2 Å². The van der Waals surface area contributed by atoms with Crippen molar-refractivity contribution in [2.75, 3.05) is 26.3 Å². The Kier molecular flexibility index (Phi) is 9.23. The number of hydrogen-bond acceptors (Lipinski definition) is 8. The van der Waals surface area contributed by atoms with Gasteiger partial charge in [0.15, 0.2) is 0 Å². The van der Waals surface area contributed by atoms with Crippen molar-refractivity contribution in [1.82, 2.24) is 9.88 Å². The number of carbonyl (C=O) groups excluding carboxylic acids is 2. The van der Waals surface area contributed by atoms with Crippen LogP contribution in [0.15, 0.2) is 29.8 Å². The fraction of sp³-hybridized carbons (Fsp3) is 0.607. The molecule has 0 atom stereocenters. The molecule has 1 fully saturated rings. The molecule has 1 aliphatic rings. The number of amides is 1. The summed E-state index contributed by atoms with van der Waals surface area (Å²) in [7, 11) is 0. The minimum atomic E-state index is -0.553. The second-order valence-electron chi connectivity index (χ2n) is 11.4. The third kappa shape index (κ3) is 8.17. The van der Waals surface area contributed by atoms with E-state index in [-0.39, 0.29) is 24.2 Å². The van der Waals surface area contributed by atoms with Gasteiger partial charge < -0.3 is 24.2 Å². The van der Waals surface area contributed by atoms with Crippen LogP contribution in [0.2, 0.25) is 0 Å². The van der Waals surface area contributed by atoms with E-state index in [2.05, 4.69) is 4.98 Å². The Bertz CT molecular complexity index is 1050. The Labute approximate surface area is 223 Å². The number of piperidine rings is 1. The SMILES string of the molecule is CC(C)(C)OC(=O)CCOCCc1ccc(O)c(C2(c3nccs3)CCN(C(=O)OC(C)(C)C)CC2)c1. The maximum absolute atomic E-state index is 12.6. The number of likely N-dealkylation sites (tertiary alicyclic amines) is 1. The summed E-state index contributed by atoms with van der Waals surface area (Å²) in [5.41, 5.74) is 0.288. The summed E-state index contributed by atoms with van der Waals surface area (Å²) < 4.78 is 16.6. The van der Waals surface area contributed by atoms with Gasteiger partial charge in [-0.15, -0.1) is 11.3 Å². The molecule has 204 valence electrons. The molecule has 1 N–H and O–H groups in total. The van der Waals surface area contributed by atoms with Crippen LogP contribution in [0.5, 0.6) is 5.75 Å². The molecule has 1 aromatic carbocycles. The molecule has 1 saturated heterocycles. The molecule has 2 heterocycles. The van der Waals surface area contributed by atoms with Crippen LogP contribution >= 0.6 is 11.3 Å². The predicted octanol–water partition coefficient (Wildman–Crippen LogP) is 5.46. The van der Waals surface area contributed by atoms with Gasteiger partial charge in [-0.1, -0.05) is 12.1 Å². The lowest BCUT2D eigenvalue weighted by Crippen LogP contribution is -2.47. The maximum atomic E-state index is 12.6. The highest BCUT2D eigenvalue weighted by Crippen LogP contribution is 2.46. The molecular formula is C28H40N2O6S. The molecular weight excluding hydrogens is 492 g/mol. The van der Waals surface area contributed by atoms with Gasteiger partial charge in [0.1, 0.15) is 22.0 Å². The maximum Gasteiger partial charge on any atom is 0.410 e. The first-order chi connectivity index (χ1) is 17.3.